The molecule has 1 aromatic heterocycles. The molecule has 2 N–H and O–H groups in total. The standard InChI is InChI=1S/C16H24N4O/c1-12-18-14-11-13(3-4-15(14)19(12)2)16(21)5-8-20-9-6-17-7-10-20/h3-4,11,16-17,21H,5-10H2,1-2H3. The quantitative estimate of drug-likeness (QED) is 0.888. The average molecular weight is 288 g/mol. The van der Waals surface area contributed by atoms with Crippen LogP contribution < -0.4 is 5.32 Å². The average Bonchev–Trinajstić information content (AvgIpc) is 2.80. The van der Waals surface area contributed by atoms with Crippen LogP contribution in [0.5, 0.6) is 0 Å². The number of aromatic nitrogens is 2. The Morgan fingerprint density at radius 1 is 1.33 bits per heavy atom. The zero-order valence-corrected chi connectivity index (χ0v) is 12.8. The van der Waals surface area contributed by atoms with E-state index in [1.54, 1.807) is 0 Å². The van der Waals surface area contributed by atoms with Crippen LogP contribution in [-0.4, -0.2) is 52.3 Å². The topological polar surface area (TPSA) is 53.3 Å². The number of hydrogen-bond donors (Lipinski definition) is 2. The van der Waals surface area contributed by atoms with E-state index in [-0.39, 0.29) is 0 Å². The lowest BCUT2D eigenvalue weighted by Gasteiger charge is -2.27. The van der Waals surface area contributed by atoms with Crippen LogP contribution in [0.3, 0.4) is 0 Å². The summed E-state index contributed by atoms with van der Waals surface area (Å²) in [7, 11) is 2.02. The molecular weight excluding hydrogens is 264 g/mol. The summed E-state index contributed by atoms with van der Waals surface area (Å²) in [5.74, 6) is 0.998. The van der Waals surface area contributed by atoms with Gasteiger partial charge in [0, 0.05) is 39.8 Å². The van der Waals surface area contributed by atoms with Gasteiger partial charge in [-0.1, -0.05) is 6.07 Å². The van der Waals surface area contributed by atoms with Crippen LogP contribution in [0.1, 0.15) is 23.9 Å². The van der Waals surface area contributed by atoms with Crippen molar-refractivity contribution in [2.45, 2.75) is 19.4 Å². The van der Waals surface area contributed by atoms with Crippen LogP contribution in [0, 0.1) is 6.92 Å². The third-order valence-corrected chi connectivity index (χ3v) is 4.44. The van der Waals surface area contributed by atoms with Gasteiger partial charge >= 0.3 is 0 Å². The van der Waals surface area contributed by atoms with Gasteiger partial charge in [0.2, 0.25) is 0 Å². The van der Waals surface area contributed by atoms with Gasteiger partial charge in [0.25, 0.3) is 0 Å². The van der Waals surface area contributed by atoms with Crippen molar-refractivity contribution in [1.82, 2.24) is 19.8 Å². The van der Waals surface area contributed by atoms with Crippen molar-refractivity contribution in [2.75, 3.05) is 32.7 Å². The highest BCUT2D eigenvalue weighted by molar-refractivity contribution is 5.76. The summed E-state index contributed by atoms with van der Waals surface area (Å²) in [6.45, 7) is 7.20. The summed E-state index contributed by atoms with van der Waals surface area (Å²) < 4.78 is 2.08. The summed E-state index contributed by atoms with van der Waals surface area (Å²) in [5, 5.41) is 13.8. The molecule has 2 heterocycles. The predicted molar refractivity (Wildman–Crippen MR) is 84.3 cm³/mol. The zero-order chi connectivity index (χ0) is 14.8. The molecule has 5 nitrogen and oxygen atoms in total. The van der Waals surface area contributed by atoms with Crippen LogP contribution >= 0.6 is 0 Å². The molecule has 114 valence electrons. The fourth-order valence-electron chi connectivity index (χ4n) is 2.95. The molecule has 1 unspecified atom stereocenters. The number of nitrogens with zero attached hydrogens (tertiary/aromatic N) is 3. The third-order valence-electron chi connectivity index (χ3n) is 4.44. The molecule has 1 saturated heterocycles. The molecular formula is C16H24N4O. The van der Waals surface area contributed by atoms with Crippen LogP contribution in [0.4, 0.5) is 0 Å². The first-order chi connectivity index (χ1) is 10.1. The molecule has 1 aliphatic heterocycles. The molecule has 0 bridgehead atoms. The molecule has 0 saturated carbocycles. The second-order valence-electron chi connectivity index (χ2n) is 5.86. The van der Waals surface area contributed by atoms with Crippen molar-refractivity contribution in [1.29, 1.82) is 0 Å². The number of aliphatic hydroxyl groups is 1. The van der Waals surface area contributed by atoms with Gasteiger partial charge in [-0.15, -0.1) is 0 Å². The Labute approximate surface area is 125 Å². The zero-order valence-electron chi connectivity index (χ0n) is 12.8. The Morgan fingerprint density at radius 3 is 2.86 bits per heavy atom. The van der Waals surface area contributed by atoms with Crippen molar-refractivity contribution in [2.24, 2.45) is 7.05 Å². The van der Waals surface area contributed by atoms with E-state index in [2.05, 4.69) is 25.8 Å². The maximum atomic E-state index is 10.4. The van der Waals surface area contributed by atoms with Crippen LogP contribution in [-0.2, 0) is 7.05 Å². The maximum absolute atomic E-state index is 10.4. The Morgan fingerprint density at radius 2 is 2.10 bits per heavy atom. The summed E-state index contributed by atoms with van der Waals surface area (Å²) in [5.41, 5.74) is 3.05. The van der Waals surface area contributed by atoms with E-state index in [0.717, 1.165) is 61.6 Å². The highest BCUT2D eigenvalue weighted by Crippen LogP contribution is 2.22. The second-order valence-corrected chi connectivity index (χ2v) is 5.86. The largest absolute Gasteiger partial charge is 0.388 e. The number of imidazole rings is 1. The van der Waals surface area contributed by atoms with Crippen molar-refractivity contribution in [3.8, 4) is 0 Å². The summed E-state index contributed by atoms with van der Waals surface area (Å²) in [6.07, 6.45) is 0.365. The molecule has 1 fully saturated rings. The van der Waals surface area contributed by atoms with Gasteiger partial charge in [-0.2, -0.15) is 0 Å². The Hall–Kier alpha value is -1.43. The first-order valence-electron chi connectivity index (χ1n) is 7.69. The van der Waals surface area contributed by atoms with Crippen molar-refractivity contribution in [3.63, 3.8) is 0 Å². The number of aryl methyl sites for hydroxylation is 2. The Balaban J connectivity index is 1.67. The minimum absolute atomic E-state index is 0.411. The number of fused-ring (bicyclic) bond motifs is 1. The lowest BCUT2D eigenvalue weighted by molar-refractivity contribution is 0.137. The van der Waals surface area contributed by atoms with Gasteiger partial charge in [-0.25, -0.2) is 4.98 Å². The minimum atomic E-state index is -0.411. The predicted octanol–water partition coefficient (Wildman–Crippen LogP) is 1.21. The second kappa shape index (κ2) is 6.13. The third kappa shape index (κ3) is 3.10. The number of hydrogen-bond acceptors (Lipinski definition) is 4. The van der Waals surface area contributed by atoms with E-state index in [1.165, 1.54) is 0 Å². The van der Waals surface area contributed by atoms with Gasteiger partial charge in [0.1, 0.15) is 5.82 Å². The first kappa shape index (κ1) is 14.5. The van der Waals surface area contributed by atoms with Gasteiger partial charge in [0.15, 0.2) is 0 Å². The smallest absolute Gasteiger partial charge is 0.106 e. The molecule has 5 heteroatoms. The molecule has 0 spiro atoms. The number of benzene rings is 1. The van der Waals surface area contributed by atoms with Gasteiger partial charge < -0.3 is 19.9 Å². The fourth-order valence-corrected chi connectivity index (χ4v) is 2.95. The van der Waals surface area contributed by atoms with Crippen LogP contribution in [0.25, 0.3) is 11.0 Å². The van der Waals surface area contributed by atoms with E-state index >= 15 is 0 Å². The Bertz CT molecular complexity index is 616. The summed E-state index contributed by atoms with van der Waals surface area (Å²) in [4.78, 5) is 6.94. The van der Waals surface area contributed by atoms with Crippen molar-refractivity contribution >= 4 is 11.0 Å². The fraction of sp³-hybridized carbons (Fsp3) is 0.562. The van der Waals surface area contributed by atoms with Gasteiger partial charge in [-0.05, 0) is 31.0 Å². The van der Waals surface area contributed by atoms with Gasteiger partial charge in [0.05, 0.1) is 17.1 Å². The molecule has 3 rings (SSSR count). The van der Waals surface area contributed by atoms with Gasteiger partial charge in [-0.3, -0.25) is 0 Å². The molecule has 1 atom stereocenters. The molecule has 1 aromatic carbocycles. The normalized spacial score (nSPS) is 18.2. The minimum Gasteiger partial charge on any atom is -0.388 e. The molecule has 21 heavy (non-hydrogen) atoms. The van der Waals surface area contributed by atoms with E-state index in [9.17, 15) is 5.11 Å². The Kier molecular flexibility index (Phi) is 4.24. The number of rotatable bonds is 4. The first-order valence-corrected chi connectivity index (χ1v) is 7.69. The van der Waals surface area contributed by atoms with Crippen molar-refractivity contribution < 1.29 is 5.11 Å². The SMILES string of the molecule is Cc1nc2cc(C(O)CCN3CCNCC3)ccc2n1C. The van der Waals surface area contributed by atoms with E-state index in [0.29, 0.717) is 0 Å². The summed E-state index contributed by atoms with van der Waals surface area (Å²) in [6, 6.07) is 6.09. The number of piperazine rings is 1. The monoisotopic (exact) mass is 288 g/mol. The lowest BCUT2D eigenvalue weighted by Crippen LogP contribution is -2.44. The summed E-state index contributed by atoms with van der Waals surface area (Å²) >= 11 is 0. The lowest BCUT2D eigenvalue weighted by atomic mass is 10.1. The number of nitrogens with one attached hydrogen (secondary N) is 1. The van der Waals surface area contributed by atoms with E-state index in [1.807, 2.05) is 26.1 Å². The molecule has 0 radical (unpaired) electrons. The highest BCUT2D eigenvalue weighted by atomic mass is 16.3. The number of aliphatic hydroxyl groups excluding tert-OH is 1. The molecule has 0 amide bonds. The molecule has 1 aliphatic rings. The van der Waals surface area contributed by atoms with E-state index < -0.39 is 6.10 Å². The van der Waals surface area contributed by atoms with E-state index in [4.69, 9.17) is 0 Å². The molecule has 2 aromatic rings. The maximum Gasteiger partial charge on any atom is 0.106 e. The molecule has 0 aliphatic carbocycles. The highest BCUT2D eigenvalue weighted by Gasteiger charge is 2.14. The van der Waals surface area contributed by atoms with Crippen LogP contribution in [0.2, 0.25) is 0 Å². The van der Waals surface area contributed by atoms with Crippen LogP contribution in [0.15, 0.2) is 18.2 Å². The van der Waals surface area contributed by atoms with Crippen molar-refractivity contribution in [3.05, 3.63) is 29.6 Å².